The Balaban J connectivity index is 2.42. The van der Waals surface area contributed by atoms with Crippen LogP contribution in [0.5, 0.6) is 0 Å². The van der Waals surface area contributed by atoms with Crippen LogP contribution in [0.3, 0.4) is 0 Å². The minimum atomic E-state index is -4.41. The molecule has 0 aliphatic rings. The maximum Gasteiger partial charge on any atom is 0.416 e. The molecule has 8 heteroatoms. The Labute approximate surface area is 115 Å². The van der Waals surface area contributed by atoms with Gasteiger partial charge < -0.3 is 9.84 Å². The van der Waals surface area contributed by atoms with Crippen LogP contribution in [-0.4, -0.2) is 17.2 Å². The van der Waals surface area contributed by atoms with Crippen molar-refractivity contribution >= 4 is 15.9 Å². The number of benzene rings is 1. The van der Waals surface area contributed by atoms with E-state index in [1.807, 2.05) is 0 Å². The summed E-state index contributed by atoms with van der Waals surface area (Å²) in [6.07, 6.45) is -4.41. The number of nitrogens with zero attached hydrogens (tertiary/aromatic N) is 2. The van der Waals surface area contributed by atoms with Gasteiger partial charge in [-0.2, -0.15) is 18.2 Å². The second kappa shape index (κ2) is 5.30. The molecule has 0 unspecified atom stereocenters. The van der Waals surface area contributed by atoms with Crippen molar-refractivity contribution in [1.82, 2.24) is 15.5 Å². The van der Waals surface area contributed by atoms with E-state index in [4.69, 9.17) is 4.52 Å². The van der Waals surface area contributed by atoms with E-state index in [1.165, 1.54) is 6.07 Å². The van der Waals surface area contributed by atoms with Gasteiger partial charge in [-0.05, 0) is 41.2 Å². The Morgan fingerprint density at radius 1 is 1.37 bits per heavy atom. The van der Waals surface area contributed by atoms with Crippen molar-refractivity contribution in [2.24, 2.45) is 0 Å². The van der Waals surface area contributed by atoms with E-state index >= 15 is 0 Å². The summed E-state index contributed by atoms with van der Waals surface area (Å²) in [4.78, 5) is 4.02. The fourth-order valence-electron chi connectivity index (χ4n) is 1.46. The zero-order chi connectivity index (χ0) is 14.0. The molecule has 0 atom stereocenters. The van der Waals surface area contributed by atoms with Crippen LogP contribution in [-0.2, 0) is 12.7 Å². The van der Waals surface area contributed by atoms with Gasteiger partial charge in [0.15, 0.2) is 5.82 Å². The van der Waals surface area contributed by atoms with Gasteiger partial charge in [0.25, 0.3) is 5.89 Å². The minimum absolute atomic E-state index is 0.0447. The smallest absolute Gasteiger partial charge is 0.334 e. The summed E-state index contributed by atoms with van der Waals surface area (Å²) >= 11 is 3.17. The summed E-state index contributed by atoms with van der Waals surface area (Å²) in [7, 11) is 1.70. The van der Waals surface area contributed by atoms with Crippen LogP contribution in [0.1, 0.15) is 11.4 Å². The third kappa shape index (κ3) is 3.13. The summed E-state index contributed by atoms with van der Waals surface area (Å²) in [6.45, 7) is 0.375. The first-order chi connectivity index (χ1) is 8.91. The topological polar surface area (TPSA) is 51.0 Å². The summed E-state index contributed by atoms with van der Waals surface area (Å²) in [5.41, 5.74) is -0.552. The van der Waals surface area contributed by atoms with Crippen LogP contribution in [0, 0.1) is 0 Å². The van der Waals surface area contributed by atoms with E-state index in [9.17, 15) is 13.2 Å². The quantitative estimate of drug-likeness (QED) is 0.935. The molecule has 102 valence electrons. The molecule has 0 aliphatic carbocycles. The first-order valence-corrected chi connectivity index (χ1v) is 6.05. The van der Waals surface area contributed by atoms with Gasteiger partial charge in [0.1, 0.15) is 0 Å². The molecule has 0 aliphatic heterocycles. The molecule has 2 rings (SSSR count). The SMILES string of the molecule is CNCc1noc(-c2cc(C(F)(F)F)ccc2Br)n1. The lowest BCUT2D eigenvalue weighted by atomic mass is 10.1. The van der Waals surface area contributed by atoms with Gasteiger partial charge in [-0.3, -0.25) is 0 Å². The predicted molar refractivity (Wildman–Crippen MR) is 65.2 cm³/mol. The highest BCUT2D eigenvalue weighted by Crippen LogP contribution is 2.35. The first-order valence-electron chi connectivity index (χ1n) is 5.26. The molecule has 0 fully saturated rings. The second-order valence-corrected chi connectivity index (χ2v) is 4.59. The number of alkyl halides is 3. The van der Waals surface area contributed by atoms with Gasteiger partial charge in [-0.25, -0.2) is 0 Å². The van der Waals surface area contributed by atoms with E-state index < -0.39 is 11.7 Å². The first kappa shape index (κ1) is 14.0. The molecule has 0 bridgehead atoms. The van der Waals surface area contributed by atoms with Crippen molar-refractivity contribution in [2.75, 3.05) is 7.05 Å². The molecule has 0 saturated heterocycles. The van der Waals surface area contributed by atoms with Crippen molar-refractivity contribution in [3.63, 3.8) is 0 Å². The van der Waals surface area contributed by atoms with E-state index in [0.717, 1.165) is 12.1 Å². The van der Waals surface area contributed by atoms with E-state index in [2.05, 4.69) is 31.4 Å². The summed E-state index contributed by atoms with van der Waals surface area (Å²) in [5, 5.41) is 6.49. The summed E-state index contributed by atoms with van der Waals surface area (Å²) in [5.74, 6) is 0.421. The lowest BCUT2D eigenvalue weighted by molar-refractivity contribution is -0.137. The monoisotopic (exact) mass is 335 g/mol. The Morgan fingerprint density at radius 3 is 2.74 bits per heavy atom. The summed E-state index contributed by atoms with van der Waals surface area (Å²) in [6, 6.07) is 3.26. The van der Waals surface area contributed by atoms with Gasteiger partial charge in [-0.15, -0.1) is 0 Å². The van der Waals surface area contributed by atoms with Crippen molar-refractivity contribution in [2.45, 2.75) is 12.7 Å². The van der Waals surface area contributed by atoms with E-state index in [-0.39, 0.29) is 11.5 Å². The Morgan fingerprint density at radius 2 is 2.11 bits per heavy atom. The van der Waals surface area contributed by atoms with Crippen molar-refractivity contribution in [3.8, 4) is 11.5 Å². The molecule has 2 aromatic rings. The highest BCUT2D eigenvalue weighted by molar-refractivity contribution is 9.10. The molecule has 0 amide bonds. The zero-order valence-electron chi connectivity index (χ0n) is 9.75. The number of nitrogens with one attached hydrogen (secondary N) is 1. The van der Waals surface area contributed by atoms with E-state index in [1.54, 1.807) is 7.05 Å². The molecule has 0 spiro atoms. The largest absolute Gasteiger partial charge is 0.416 e. The van der Waals surface area contributed by atoms with Gasteiger partial charge in [0.2, 0.25) is 0 Å². The highest BCUT2D eigenvalue weighted by Gasteiger charge is 2.31. The van der Waals surface area contributed by atoms with Crippen LogP contribution in [0.15, 0.2) is 27.2 Å². The lowest BCUT2D eigenvalue weighted by Crippen LogP contribution is -2.06. The Kier molecular flexibility index (Phi) is 3.91. The predicted octanol–water partition coefficient (Wildman–Crippen LogP) is 3.24. The van der Waals surface area contributed by atoms with Gasteiger partial charge in [-0.1, -0.05) is 5.16 Å². The number of halogens is 4. The molecule has 19 heavy (non-hydrogen) atoms. The maximum atomic E-state index is 12.6. The maximum absolute atomic E-state index is 12.6. The minimum Gasteiger partial charge on any atom is -0.334 e. The van der Waals surface area contributed by atoms with Gasteiger partial charge in [0, 0.05) is 4.47 Å². The van der Waals surface area contributed by atoms with Gasteiger partial charge in [0.05, 0.1) is 17.7 Å². The molecule has 1 aromatic carbocycles. The van der Waals surface area contributed by atoms with Crippen LogP contribution < -0.4 is 5.32 Å². The van der Waals surface area contributed by atoms with Crippen LogP contribution in [0.4, 0.5) is 13.2 Å². The number of aromatic nitrogens is 2. The van der Waals surface area contributed by atoms with Crippen molar-refractivity contribution in [1.29, 1.82) is 0 Å². The van der Waals surface area contributed by atoms with Crippen LogP contribution in [0.2, 0.25) is 0 Å². The number of hydrogen-bond donors (Lipinski definition) is 1. The molecular weight excluding hydrogens is 327 g/mol. The molecule has 4 nitrogen and oxygen atoms in total. The fraction of sp³-hybridized carbons (Fsp3) is 0.273. The fourth-order valence-corrected chi connectivity index (χ4v) is 1.87. The number of rotatable bonds is 3. The zero-order valence-corrected chi connectivity index (χ0v) is 11.3. The molecular formula is C11H9BrF3N3O. The van der Waals surface area contributed by atoms with Gasteiger partial charge >= 0.3 is 6.18 Å². The summed E-state index contributed by atoms with van der Waals surface area (Å²) < 4.78 is 43.4. The normalized spacial score (nSPS) is 11.8. The van der Waals surface area contributed by atoms with Crippen molar-refractivity contribution < 1.29 is 17.7 Å². The van der Waals surface area contributed by atoms with Crippen molar-refractivity contribution in [3.05, 3.63) is 34.1 Å². The highest BCUT2D eigenvalue weighted by atomic mass is 79.9. The number of hydrogen-bond acceptors (Lipinski definition) is 4. The second-order valence-electron chi connectivity index (χ2n) is 3.74. The van der Waals surface area contributed by atoms with E-state index in [0.29, 0.717) is 16.8 Å². The molecule has 1 heterocycles. The Bertz CT molecular complexity index is 583. The molecule has 1 N–H and O–H groups in total. The molecule has 0 radical (unpaired) electrons. The Hall–Kier alpha value is -1.41. The third-order valence-corrected chi connectivity index (χ3v) is 3.02. The van der Waals surface area contributed by atoms with Crippen LogP contribution in [0.25, 0.3) is 11.5 Å². The lowest BCUT2D eigenvalue weighted by Gasteiger charge is -2.08. The third-order valence-electron chi connectivity index (χ3n) is 2.33. The standard InChI is InChI=1S/C11H9BrF3N3O/c1-16-5-9-17-10(19-18-9)7-4-6(11(13,14)15)2-3-8(7)12/h2-4,16H,5H2,1H3. The molecule has 0 saturated carbocycles. The molecule has 1 aromatic heterocycles. The average Bonchev–Trinajstić information content (AvgIpc) is 2.77. The average molecular weight is 336 g/mol. The van der Waals surface area contributed by atoms with Crippen LogP contribution >= 0.6 is 15.9 Å².